The van der Waals surface area contributed by atoms with E-state index in [0.29, 0.717) is 0 Å². The number of para-hydroxylation sites is 1. The van der Waals surface area contributed by atoms with E-state index in [9.17, 15) is 10.1 Å². The Labute approximate surface area is 99.9 Å². The molecule has 4 nitrogen and oxygen atoms in total. The first-order valence-electron chi connectivity index (χ1n) is 4.92. The van der Waals surface area contributed by atoms with Crippen LogP contribution in [0.15, 0.2) is 30.3 Å². The van der Waals surface area contributed by atoms with Crippen LogP contribution in [-0.2, 0) is 0 Å². The Morgan fingerprint density at radius 3 is 2.69 bits per heavy atom. The fraction of sp³-hybridized carbons (Fsp3) is 0.273. The second-order valence-corrected chi connectivity index (χ2v) is 3.46. The molecular formula is C11H13ClN2O2. The summed E-state index contributed by atoms with van der Waals surface area (Å²) in [4.78, 5) is 10.5. The van der Waals surface area contributed by atoms with Gasteiger partial charge >= 0.3 is 0 Å². The second-order valence-electron chi connectivity index (χ2n) is 3.46. The molecule has 0 aromatic heterocycles. The minimum absolute atomic E-state index is 0. The molecule has 0 saturated carbocycles. The van der Waals surface area contributed by atoms with Crippen LogP contribution in [0.25, 0.3) is 5.57 Å². The molecule has 1 aliphatic heterocycles. The van der Waals surface area contributed by atoms with Crippen LogP contribution in [0.3, 0.4) is 0 Å². The highest BCUT2D eigenvalue weighted by atomic mass is 35.5. The number of benzene rings is 1. The molecule has 0 fully saturated rings. The van der Waals surface area contributed by atoms with Gasteiger partial charge in [-0.15, -0.1) is 12.4 Å². The Balaban J connectivity index is 0.00000128. The van der Waals surface area contributed by atoms with E-state index in [0.717, 1.165) is 30.6 Å². The molecule has 0 radical (unpaired) electrons. The van der Waals surface area contributed by atoms with E-state index >= 15 is 0 Å². The fourth-order valence-corrected chi connectivity index (χ4v) is 1.77. The molecule has 1 heterocycles. The maximum Gasteiger partial charge on any atom is 0.276 e. The van der Waals surface area contributed by atoms with Crippen molar-refractivity contribution in [2.45, 2.75) is 6.42 Å². The van der Waals surface area contributed by atoms with E-state index in [2.05, 4.69) is 5.32 Å². The average molecular weight is 241 g/mol. The van der Waals surface area contributed by atoms with Crippen LogP contribution >= 0.6 is 12.4 Å². The molecule has 0 bridgehead atoms. The van der Waals surface area contributed by atoms with Crippen LogP contribution < -0.4 is 5.32 Å². The molecule has 1 aliphatic rings. The molecule has 1 N–H and O–H groups in total. The van der Waals surface area contributed by atoms with Gasteiger partial charge in [0, 0.05) is 12.6 Å². The van der Waals surface area contributed by atoms with E-state index in [-0.39, 0.29) is 23.0 Å². The first kappa shape index (κ1) is 12.7. The zero-order chi connectivity index (χ0) is 10.7. The first-order valence-corrected chi connectivity index (χ1v) is 4.92. The van der Waals surface area contributed by atoms with Crippen molar-refractivity contribution in [1.29, 1.82) is 0 Å². The van der Waals surface area contributed by atoms with Crippen LogP contribution in [0, 0.1) is 10.1 Å². The first-order chi connectivity index (χ1) is 7.29. The number of hydrogen-bond donors (Lipinski definition) is 1. The van der Waals surface area contributed by atoms with Crippen molar-refractivity contribution in [3.63, 3.8) is 0 Å². The summed E-state index contributed by atoms with van der Waals surface area (Å²) in [6, 6.07) is 6.90. The Morgan fingerprint density at radius 2 is 2.06 bits per heavy atom. The van der Waals surface area contributed by atoms with E-state index in [1.807, 2.05) is 18.2 Å². The molecule has 0 amide bonds. The Morgan fingerprint density at radius 1 is 1.31 bits per heavy atom. The molecule has 0 aliphatic carbocycles. The summed E-state index contributed by atoms with van der Waals surface area (Å²) >= 11 is 0. The number of nitrogens with one attached hydrogen (secondary N) is 1. The van der Waals surface area contributed by atoms with Gasteiger partial charge in [-0.2, -0.15) is 0 Å². The van der Waals surface area contributed by atoms with Gasteiger partial charge in [-0.05, 0) is 24.6 Å². The van der Waals surface area contributed by atoms with E-state index < -0.39 is 0 Å². The minimum Gasteiger partial charge on any atom is -0.313 e. The van der Waals surface area contributed by atoms with Gasteiger partial charge < -0.3 is 5.32 Å². The summed E-state index contributed by atoms with van der Waals surface area (Å²) in [5, 5.41) is 14.0. The normalized spacial score (nSPS) is 14.9. The van der Waals surface area contributed by atoms with Crippen LogP contribution in [-0.4, -0.2) is 18.0 Å². The lowest BCUT2D eigenvalue weighted by Crippen LogP contribution is -2.20. The molecule has 5 heteroatoms. The number of nitro groups is 1. The third-order valence-corrected chi connectivity index (χ3v) is 2.51. The van der Waals surface area contributed by atoms with Crippen LogP contribution in [0.2, 0.25) is 0 Å². The number of nitrogens with zero attached hydrogens (tertiary/aromatic N) is 1. The molecule has 0 saturated heterocycles. The average Bonchev–Trinajstić information content (AvgIpc) is 2.30. The van der Waals surface area contributed by atoms with Gasteiger partial charge in [-0.3, -0.25) is 10.1 Å². The highest BCUT2D eigenvalue weighted by Gasteiger charge is 2.16. The van der Waals surface area contributed by atoms with Gasteiger partial charge in [0.25, 0.3) is 5.69 Å². The summed E-state index contributed by atoms with van der Waals surface area (Å²) in [5.74, 6) is 0. The SMILES string of the molecule is Cl.O=[N+]([O-])c1ccccc1C1=CCNCC1. The molecule has 0 spiro atoms. The topological polar surface area (TPSA) is 55.2 Å². The predicted molar refractivity (Wildman–Crippen MR) is 65.8 cm³/mol. The fourth-order valence-electron chi connectivity index (χ4n) is 1.77. The van der Waals surface area contributed by atoms with Gasteiger partial charge in [-0.1, -0.05) is 18.2 Å². The van der Waals surface area contributed by atoms with Crippen molar-refractivity contribution in [2.24, 2.45) is 0 Å². The maximum atomic E-state index is 10.8. The molecule has 86 valence electrons. The molecule has 1 aromatic rings. The highest BCUT2D eigenvalue weighted by molar-refractivity contribution is 5.85. The summed E-state index contributed by atoms with van der Waals surface area (Å²) in [6.07, 6.45) is 2.87. The number of hydrogen-bond acceptors (Lipinski definition) is 3. The van der Waals surface area contributed by atoms with Crippen molar-refractivity contribution in [1.82, 2.24) is 5.32 Å². The van der Waals surface area contributed by atoms with Crippen LogP contribution in [0.1, 0.15) is 12.0 Å². The summed E-state index contributed by atoms with van der Waals surface area (Å²) < 4.78 is 0. The smallest absolute Gasteiger partial charge is 0.276 e. The van der Waals surface area contributed by atoms with E-state index in [1.54, 1.807) is 12.1 Å². The number of rotatable bonds is 2. The van der Waals surface area contributed by atoms with Crippen LogP contribution in [0.4, 0.5) is 5.69 Å². The van der Waals surface area contributed by atoms with Crippen molar-refractivity contribution in [3.05, 3.63) is 46.0 Å². The lowest BCUT2D eigenvalue weighted by molar-refractivity contribution is -0.385. The molecule has 0 atom stereocenters. The Bertz CT molecular complexity index is 418. The lowest BCUT2D eigenvalue weighted by Gasteiger charge is -2.13. The molecule has 1 aromatic carbocycles. The predicted octanol–water partition coefficient (Wildman–Crippen LogP) is 2.39. The molecule has 16 heavy (non-hydrogen) atoms. The zero-order valence-electron chi connectivity index (χ0n) is 8.68. The van der Waals surface area contributed by atoms with E-state index in [4.69, 9.17) is 0 Å². The molecule has 0 unspecified atom stereocenters. The largest absolute Gasteiger partial charge is 0.313 e. The van der Waals surface area contributed by atoms with Crippen molar-refractivity contribution >= 4 is 23.7 Å². The summed E-state index contributed by atoms with van der Waals surface area (Å²) in [5.41, 5.74) is 2.02. The summed E-state index contributed by atoms with van der Waals surface area (Å²) in [6.45, 7) is 1.68. The van der Waals surface area contributed by atoms with Gasteiger partial charge in [0.2, 0.25) is 0 Å². The Hall–Kier alpha value is -1.39. The molecule has 2 rings (SSSR count). The lowest BCUT2D eigenvalue weighted by atomic mass is 9.99. The third kappa shape index (κ3) is 2.59. The van der Waals surface area contributed by atoms with E-state index in [1.165, 1.54) is 0 Å². The van der Waals surface area contributed by atoms with Crippen LogP contribution in [0.5, 0.6) is 0 Å². The zero-order valence-corrected chi connectivity index (χ0v) is 9.50. The quantitative estimate of drug-likeness (QED) is 0.638. The monoisotopic (exact) mass is 240 g/mol. The maximum absolute atomic E-state index is 10.8. The minimum atomic E-state index is -0.321. The van der Waals surface area contributed by atoms with Gasteiger partial charge in [0.15, 0.2) is 0 Å². The highest BCUT2D eigenvalue weighted by Crippen LogP contribution is 2.28. The van der Waals surface area contributed by atoms with Gasteiger partial charge in [0.05, 0.1) is 10.5 Å². The third-order valence-electron chi connectivity index (χ3n) is 2.51. The number of nitro benzene ring substituents is 1. The van der Waals surface area contributed by atoms with Gasteiger partial charge in [-0.25, -0.2) is 0 Å². The van der Waals surface area contributed by atoms with Crippen molar-refractivity contribution < 1.29 is 4.92 Å². The van der Waals surface area contributed by atoms with Crippen molar-refractivity contribution in [2.75, 3.05) is 13.1 Å². The second kappa shape index (κ2) is 5.63. The Kier molecular flexibility index (Phi) is 4.46. The number of halogens is 1. The summed E-state index contributed by atoms with van der Waals surface area (Å²) in [7, 11) is 0. The van der Waals surface area contributed by atoms with Gasteiger partial charge in [0.1, 0.15) is 0 Å². The van der Waals surface area contributed by atoms with Crippen molar-refractivity contribution in [3.8, 4) is 0 Å². The molecular weight excluding hydrogens is 228 g/mol. The standard InChI is InChI=1S/C11H12N2O2.ClH/c14-13(15)11-4-2-1-3-10(11)9-5-7-12-8-6-9;/h1-5,12H,6-8H2;1H.